The zero-order valence-electron chi connectivity index (χ0n) is 6.27. The zero-order chi connectivity index (χ0) is 9.23. The summed E-state index contributed by atoms with van der Waals surface area (Å²) in [7, 11) is 14.0. The predicted molar refractivity (Wildman–Crippen MR) is 51.1 cm³/mol. The van der Waals surface area contributed by atoms with Crippen LogP contribution in [0.25, 0.3) is 0 Å². The second kappa shape index (κ2) is 4.21. The van der Waals surface area contributed by atoms with E-state index in [9.17, 15) is 4.79 Å². The molecule has 11 heavy (non-hydrogen) atoms. The second-order valence-electron chi connectivity index (χ2n) is 2.52. The Morgan fingerprint density at radius 3 is 1.82 bits per heavy atom. The van der Waals surface area contributed by atoms with Gasteiger partial charge in [0.15, 0.2) is 0 Å². The van der Waals surface area contributed by atoms with Gasteiger partial charge in [0.1, 0.15) is 0 Å². The normalized spacial score (nSPS) is 17.5. The number of hydrogen-bond acceptors (Lipinski definition) is 1. The summed E-state index contributed by atoms with van der Waals surface area (Å²) >= 11 is 0. The number of carbonyl (C=O) groups excluding carboxylic acids is 1. The van der Waals surface area contributed by atoms with Crippen molar-refractivity contribution in [3.8, 4) is 0 Å². The Hall–Kier alpha value is 0.883. The first kappa shape index (κ1) is 11.9. The predicted octanol–water partition coefficient (Wildman–Crippen LogP) is 2.15. The quantitative estimate of drug-likeness (QED) is 0.790. The fourth-order valence-electron chi connectivity index (χ4n) is 0.530. The van der Waals surface area contributed by atoms with Gasteiger partial charge in [0.25, 0.3) is 0 Å². The van der Waals surface area contributed by atoms with E-state index in [-0.39, 0.29) is 10.7 Å². The summed E-state index contributed by atoms with van der Waals surface area (Å²) in [6.07, 6.45) is 0. The zero-order valence-corrected chi connectivity index (χ0v) is 10.6. The molecular formula is C5H10Cl3GeNO. The minimum absolute atomic E-state index is 0.183. The maximum absolute atomic E-state index is 10.7. The molecule has 0 rings (SSSR count). The summed E-state index contributed by atoms with van der Waals surface area (Å²) in [6.45, 7) is 3.43. The average molecular weight is 279 g/mol. The van der Waals surface area contributed by atoms with Crippen LogP contribution in [-0.2, 0) is 4.79 Å². The van der Waals surface area contributed by atoms with Crippen LogP contribution in [0.4, 0.5) is 0 Å². The van der Waals surface area contributed by atoms with E-state index in [1.54, 1.807) is 13.8 Å². The van der Waals surface area contributed by atoms with Crippen molar-refractivity contribution in [2.45, 2.75) is 18.6 Å². The number of amides is 1. The van der Waals surface area contributed by atoms with E-state index in [0.29, 0.717) is 0 Å². The third-order valence-corrected chi connectivity index (χ3v) is 10.3. The van der Waals surface area contributed by atoms with Gasteiger partial charge in [0.05, 0.1) is 0 Å². The molecule has 0 aliphatic heterocycles. The fraction of sp³-hybridized carbons (Fsp3) is 0.800. The van der Waals surface area contributed by atoms with Crippen molar-refractivity contribution in [1.82, 2.24) is 0 Å². The van der Waals surface area contributed by atoms with Crippen LogP contribution in [0.5, 0.6) is 0 Å². The molecule has 0 fully saturated rings. The van der Waals surface area contributed by atoms with E-state index < -0.39 is 16.4 Å². The number of hydrogen-bond donors (Lipinski definition) is 1. The fourth-order valence-corrected chi connectivity index (χ4v) is 5.01. The number of rotatable bonds is 3. The van der Waals surface area contributed by atoms with Crippen molar-refractivity contribution in [1.29, 1.82) is 0 Å². The van der Waals surface area contributed by atoms with Crippen LogP contribution in [0.1, 0.15) is 13.8 Å². The van der Waals surface area contributed by atoms with Crippen LogP contribution >= 0.6 is 30.0 Å². The summed E-state index contributed by atoms with van der Waals surface area (Å²) in [5.74, 6) is -0.753. The van der Waals surface area contributed by atoms with Crippen LogP contribution in [0.15, 0.2) is 0 Å². The molecule has 1 amide bonds. The Bertz CT molecular complexity index is 158. The number of primary amides is 1. The molecule has 0 aromatic rings. The minimum atomic E-state index is -3.24. The molecule has 0 spiro atoms. The van der Waals surface area contributed by atoms with Gasteiger partial charge < -0.3 is 0 Å². The van der Waals surface area contributed by atoms with Gasteiger partial charge in [-0.05, 0) is 0 Å². The van der Waals surface area contributed by atoms with Gasteiger partial charge in [-0.1, -0.05) is 0 Å². The molecule has 0 heterocycles. The van der Waals surface area contributed by atoms with Gasteiger partial charge in [-0.15, -0.1) is 0 Å². The van der Waals surface area contributed by atoms with Crippen LogP contribution < -0.4 is 5.73 Å². The number of carbonyl (C=O) groups is 1. The Morgan fingerprint density at radius 2 is 1.73 bits per heavy atom. The molecule has 0 aromatic carbocycles. The molecule has 2 atom stereocenters. The second-order valence-corrected chi connectivity index (χ2v) is 19.0. The SMILES string of the molecule is CC(C(N)=O)[CH](C)[Ge]([Cl])([Cl])[Cl]. The van der Waals surface area contributed by atoms with Crippen LogP contribution in [0.3, 0.4) is 0 Å². The van der Waals surface area contributed by atoms with Crippen molar-refractivity contribution in [2.75, 3.05) is 0 Å². The summed E-state index contributed by atoms with van der Waals surface area (Å²) in [6, 6.07) is 0. The summed E-state index contributed by atoms with van der Waals surface area (Å²) in [5, 5.41) is 0. The van der Waals surface area contributed by atoms with E-state index in [2.05, 4.69) is 0 Å². The third-order valence-electron chi connectivity index (χ3n) is 1.72. The summed E-state index contributed by atoms with van der Waals surface area (Å²) < 4.78 is -0.183. The third kappa shape index (κ3) is 3.88. The topological polar surface area (TPSA) is 43.1 Å². The molecule has 0 bridgehead atoms. The van der Waals surface area contributed by atoms with Crippen molar-refractivity contribution in [3.63, 3.8) is 0 Å². The molecule has 0 aromatic heterocycles. The standard InChI is InChI=1S/C5H10Cl3GeNO/c1-3(5(10)11)4(2)9(6,7)8/h3-4H,1-2H3,(H2,10,11). The molecule has 0 saturated carbocycles. The Kier molecular flexibility index (Phi) is 4.55. The molecule has 2 nitrogen and oxygen atoms in total. The Morgan fingerprint density at radius 1 is 1.36 bits per heavy atom. The van der Waals surface area contributed by atoms with Gasteiger partial charge in [0.2, 0.25) is 0 Å². The van der Waals surface area contributed by atoms with Crippen LogP contribution in [0.2, 0.25) is 4.75 Å². The van der Waals surface area contributed by atoms with Crippen LogP contribution in [0, 0.1) is 5.92 Å². The van der Waals surface area contributed by atoms with Crippen molar-refractivity contribution in [3.05, 3.63) is 0 Å². The van der Waals surface area contributed by atoms with Crippen LogP contribution in [-0.4, -0.2) is 16.4 Å². The number of halogens is 3. The molecule has 0 aliphatic carbocycles. The number of nitrogens with two attached hydrogens (primary N) is 1. The molecule has 6 heteroatoms. The van der Waals surface area contributed by atoms with E-state index in [1.807, 2.05) is 0 Å². The molecule has 2 unspecified atom stereocenters. The van der Waals surface area contributed by atoms with E-state index >= 15 is 0 Å². The van der Waals surface area contributed by atoms with Crippen molar-refractivity contribution in [2.24, 2.45) is 11.7 Å². The van der Waals surface area contributed by atoms with Crippen molar-refractivity contribution >= 4 is 46.4 Å². The Balaban J connectivity index is 4.25. The van der Waals surface area contributed by atoms with E-state index in [4.69, 9.17) is 35.8 Å². The van der Waals surface area contributed by atoms with Gasteiger partial charge >= 0.3 is 81.5 Å². The van der Waals surface area contributed by atoms with Gasteiger partial charge in [-0.25, -0.2) is 0 Å². The van der Waals surface area contributed by atoms with Crippen molar-refractivity contribution < 1.29 is 4.79 Å². The molecule has 0 saturated heterocycles. The Labute approximate surface area is 81.3 Å². The molecule has 2 N–H and O–H groups in total. The molecule has 0 radical (unpaired) electrons. The van der Waals surface area contributed by atoms with E-state index in [1.165, 1.54) is 0 Å². The van der Waals surface area contributed by atoms with Gasteiger partial charge in [-0.2, -0.15) is 0 Å². The van der Waals surface area contributed by atoms with E-state index in [0.717, 1.165) is 0 Å². The molecular weight excluding hydrogens is 269 g/mol. The first-order valence-electron chi connectivity index (χ1n) is 3.13. The monoisotopic (exact) mass is 279 g/mol. The first-order chi connectivity index (χ1) is 4.76. The first-order valence-corrected chi connectivity index (χ1v) is 12.6. The van der Waals surface area contributed by atoms with Gasteiger partial charge in [-0.3, -0.25) is 0 Å². The molecule has 0 aliphatic rings. The average Bonchev–Trinajstić information content (AvgIpc) is 1.82. The van der Waals surface area contributed by atoms with Gasteiger partial charge in [0, 0.05) is 0 Å². The molecule has 66 valence electrons. The summed E-state index contributed by atoms with van der Waals surface area (Å²) in [5.41, 5.74) is 5.05. The summed E-state index contributed by atoms with van der Waals surface area (Å²) in [4.78, 5) is 10.7. The maximum atomic E-state index is 10.7.